The average Bonchev–Trinajstić information content (AvgIpc) is 2.79. The van der Waals surface area contributed by atoms with Crippen LogP contribution in [0.2, 0.25) is 0 Å². The number of thiophene rings is 1. The fourth-order valence-electron chi connectivity index (χ4n) is 2.94. The maximum absolute atomic E-state index is 12.4. The van der Waals surface area contributed by atoms with E-state index < -0.39 is 10.0 Å². The fourth-order valence-corrected chi connectivity index (χ4v) is 5.57. The van der Waals surface area contributed by atoms with Gasteiger partial charge in [0, 0.05) is 22.8 Å². The first kappa shape index (κ1) is 15.9. The van der Waals surface area contributed by atoms with Gasteiger partial charge in [-0.25, -0.2) is 13.1 Å². The highest BCUT2D eigenvalue weighted by Crippen LogP contribution is 2.29. The van der Waals surface area contributed by atoms with Crippen LogP contribution >= 0.6 is 11.3 Å². The second-order valence-corrected chi connectivity index (χ2v) is 8.90. The van der Waals surface area contributed by atoms with Crippen molar-refractivity contribution in [2.75, 3.05) is 6.54 Å². The molecule has 2 rings (SSSR count). The summed E-state index contributed by atoms with van der Waals surface area (Å²) >= 11 is 1.46. The number of aryl methyl sites for hydroxylation is 1. The molecule has 1 aromatic heterocycles. The lowest BCUT2D eigenvalue weighted by Crippen LogP contribution is -2.31. The highest BCUT2D eigenvalue weighted by atomic mass is 32.2. The Morgan fingerprint density at radius 3 is 2.80 bits per heavy atom. The van der Waals surface area contributed by atoms with Crippen LogP contribution in [-0.2, 0) is 16.6 Å². The number of hydrogen-bond acceptors (Lipinski definition) is 4. The summed E-state index contributed by atoms with van der Waals surface area (Å²) in [7, 11) is -3.39. The number of hydrogen-bond donors (Lipinski definition) is 2. The molecule has 1 saturated carbocycles. The third-order valence-corrected chi connectivity index (χ3v) is 6.77. The quantitative estimate of drug-likeness (QED) is 0.877. The highest BCUT2D eigenvalue weighted by molar-refractivity contribution is 7.89. The van der Waals surface area contributed by atoms with Crippen molar-refractivity contribution in [2.45, 2.75) is 51.0 Å². The first-order chi connectivity index (χ1) is 9.42. The van der Waals surface area contributed by atoms with Gasteiger partial charge >= 0.3 is 0 Å². The Morgan fingerprint density at radius 2 is 2.20 bits per heavy atom. The first-order valence-corrected chi connectivity index (χ1v) is 9.51. The second kappa shape index (κ2) is 6.56. The van der Waals surface area contributed by atoms with E-state index in [4.69, 9.17) is 5.73 Å². The largest absolute Gasteiger partial charge is 0.326 e. The predicted octanol–water partition coefficient (Wildman–Crippen LogP) is 2.62. The van der Waals surface area contributed by atoms with Gasteiger partial charge in [0.2, 0.25) is 10.0 Å². The van der Waals surface area contributed by atoms with Crippen LogP contribution < -0.4 is 10.5 Å². The summed E-state index contributed by atoms with van der Waals surface area (Å²) in [6, 6.07) is 1.70. The van der Waals surface area contributed by atoms with Gasteiger partial charge in [0.05, 0.1) is 4.90 Å². The Hall–Kier alpha value is -0.430. The molecule has 1 aromatic rings. The summed E-state index contributed by atoms with van der Waals surface area (Å²) in [4.78, 5) is 2.12. The van der Waals surface area contributed by atoms with Crippen LogP contribution in [-0.4, -0.2) is 15.0 Å². The molecule has 1 fully saturated rings. The summed E-state index contributed by atoms with van der Waals surface area (Å²) in [5.74, 6) is 1.19. The summed E-state index contributed by atoms with van der Waals surface area (Å²) < 4.78 is 27.5. The molecule has 0 aliphatic heterocycles. The second-order valence-electron chi connectivity index (χ2n) is 5.83. The van der Waals surface area contributed by atoms with Crippen LogP contribution in [0.25, 0.3) is 0 Å². The van der Waals surface area contributed by atoms with E-state index in [1.165, 1.54) is 24.2 Å². The minimum Gasteiger partial charge on any atom is -0.326 e. The Labute approximate surface area is 125 Å². The van der Waals surface area contributed by atoms with E-state index >= 15 is 0 Å². The van der Waals surface area contributed by atoms with E-state index in [1.807, 2.05) is 6.92 Å². The van der Waals surface area contributed by atoms with Crippen molar-refractivity contribution in [3.8, 4) is 0 Å². The molecule has 0 aromatic carbocycles. The Balaban J connectivity index is 2.01. The molecular formula is C14H24N2O2S2. The van der Waals surface area contributed by atoms with Crippen molar-refractivity contribution in [1.82, 2.24) is 4.72 Å². The molecule has 1 aliphatic carbocycles. The van der Waals surface area contributed by atoms with E-state index in [1.54, 1.807) is 6.07 Å². The van der Waals surface area contributed by atoms with Crippen molar-refractivity contribution in [1.29, 1.82) is 0 Å². The third kappa shape index (κ3) is 3.81. The molecule has 3 N–H and O–H groups in total. The molecule has 0 amide bonds. The number of nitrogens with one attached hydrogen (secondary N) is 1. The fraction of sp³-hybridized carbons (Fsp3) is 0.714. The zero-order chi connectivity index (χ0) is 14.8. The van der Waals surface area contributed by atoms with Crippen molar-refractivity contribution in [3.63, 3.8) is 0 Å². The summed E-state index contributed by atoms with van der Waals surface area (Å²) in [5.41, 5.74) is 5.58. The van der Waals surface area contributed by atoms with E-state index in [9.17, 15) is 8.42 Å². The summed E-state index contributed by atoms with van der Waals surface area (Å²) in [6.07, 6.45) is 4.73. The van der Waals surface area contributed by atoms with Gasteiger partial charge in [0.15, 0.2) is 0 Å². The number of sulfonamides is 1. The van der Waals surface area contributed by atoms with Gasteiger partial charge in [-0.15, -0.1) is 11.3 Å². The lowest BCUT2D eigenvalue weighted by molar-refractivity contribution is 0.283. The topological polar surface area (TPSA) is 72.2 Å². The van der Waals surface area contributed by atoms with Gasteiger partial charge in [-0.2, -0.15) is 0 Å². The number of nitrogens with two attached hydrogens (primary N) is 1. The molecule has 114 valence electrons. The van der Waals surface area contributed by atoms with Crippen molar-refractivity contribution < 1.29 is 8.42 Å². The maximum Gasteiger partial charge on any atom is 0.241 e. The van der Waals surface area contributed by atoms with Crippen molar-refractivity contribution in [2.24, 2.45) is 17.6 Å². The van der Waals surface area contributed by atoms with Gasteiger partial charge in [0.1, 0.15) is 0 Å². The van der Waals surface area contributed by atoms with Gasteiger partial charge in [-0.3, -0.25) is 0 Å². The summed E-state index contributed by atoms with van der Waals surface area (Å²) in [6.45, 7) is 5.03. The molecule has 1 aliphatic rings. The standard InChI is InChI=1S/C14H24N2O2S2/c1-10-4-3-5-12(6-10)9-16-20(17,18)14-7-13(8-15)19-11(14)2/h7,10,12,16H,3-6,8-9,15H2,1-2H3. The zero-order valence-corrected chi connectivity index (χ0v) is 13.8. The van der Waals surface area contributed by atoms with Gasteiger partial charge in [-0.05, 0) is 37.7 Å². The smallest absolute Gasteiger partial charge is 0.241 e. The molecule has 0 saturated heterocycles. The average molecular weight is 316 g/mol. The van der Waals surface area contributed by atoms with Crippen LogP contribution in [0, 0.1) is 18.8 Å². The lowest BCUT2D eigenvalue weighted by Gasteiger charge is -2.26. The Morgan fingerprint density at radius 1 is 1.45 bits per heavy atom. The Bertz CT molecular complexity index is 552. The minimum atomic E-state index is -3.39. The normalized spacial score (nSPS) is 23.9. The van der Waals surface area contributed by atoms with Gasteiger partial charge in [-0.1, -0.05) is 19.8 Å². The molecule has 0 spiro atoms. The predicted molar refractivity (Wildman–Crippen MR) is 83.3 cm³/mol. The molecule has 0 bridgehead atoms. The van der Waals surface area contributed by atoms with Crippen LogP contribution in [0.4, 0.5) is 0 Å². The van der Waals surface area contributed by atoms with Crippen LogP contribution in [0.1, 0.15) is 42.4 Å². The van der Waals surface area contributed by atoms with Crippen LogP contribution in [0.15, 0.2) is 11.0 Å². The summed E-state index contributed by atoms with van der Waals surface area (Å²) in [5, 5.41) is 0. The molecule has 1 heterocycles. The molecule has 4 nitrogen and oxygen atoms in total. The first-order valence-electron chi connectivity index (χ1n) is 7.21. The zero-order valence-electron chi connectivity index (χ0n) is 12.2. The third-order valence-electron chi connectivity index (χ3n) is 4.02. The van der Waals surface area contributed by atoms with Gasteiger partial charge < -0.3 is 5.73 Å². The Kier molecular flexibility index (Phi) is 5.23. The van der Waals surface area contributed by atoms with Crippen LogP contribution in [0.3, 0.4) is 0 Å². The monoisotopic (exact) mass is 316 g/mol. The van der Waals surface area contributed by atoms with Gasteiger partial charge in [0.25, 0.3) is 0 Å². The SMILES string of the molecule is Cc1sc(CN)cc1S(=O)(=O)NCC1CCCC(C)C1. The number of rotatable bonds is 5. The van der Waals surface area contributed by atoms with E-state index in [0.29, 0.717) is 29.8 Å². The van der Waals surface area contributed by atoms with E-state index in [0.717, 1.165) is 22.6 Å². The molecular weight excluding hydrogens is 292 g/mol. The van der Waals surface area contributed by atoms with E-state index in [2.05, 4.69) is 11.6 Å². The van der Waals surface area contributed by atoms with Crippen LogP contribution in [0.5, 0.6) is 0 Å². The van der Waals surface area contributed by atoms with Crippen molar-refractivity contribution in [3.05, 3.63) is 15.8 Å². The maximum atomic E-state index is 12.4. The molecule has 2 atom stereocenters. The molecule has 6 heteroatoms. The van der Waals surface area contributed by atoms with Crippen molar-refractivity contribution >= 4 is 21.4 Å². The minimum absolute atomic E-state index is 0.390. The van der Waals surface area contributed by atoms with E-state index in [-0.39, 0.29) is 0 Å². The molecule has 0 radical (unpaired) electrons. The molecule has 20 heavy (non-hydrogen) atoms. The highest BCUT2D eigenvalue weighted by Gasteiger charge is 2.23. The molecule has 2 unspecified atom stereocenters. The lowest BCUT2D eigenvalue weighted by atomic mass is 9.83.